The second-order valence-electron chi connectivity index (χ2n) is 8.14. The molecule has 2 aromatic rings. The van der Waals surface area contributed by atoms with Gasteiger partial charge in [0.05, 0.1) is 5.69 Å². The molecule has 1 aromatic heterocycles. The number of benzene rings is 1. The van der Waals surface area contributed by atoms with E-state index in [0.717, 1.165) is 5.69 Å². The quantitative estimate of drug-likeness (QED) is 0.447. The van der Waals surface area contributed by atoms with Gasteiger partial charge in [-0.15, -0.1) is 16.3 Å². The van der Waals surface area contributed by atoms with Gasteiger partial charge in [0.15, 0.2) is 5.13 Å². The molecule has 0 aliphatic heterocycles. The number of imide groups is 1. The summed E-state index contributed by atoms with van der Waals surface area (Å²) in [6.07, 6.45) is -1.97. The normalized spacial score (nSPS) is 10.9. The van der Waals surface area contributed by atoms with Crippen LogP contribution in [-0.2, 0) is 28.9 Å². The third kappa shape index (κ3) is 8.65. The van der Waals surface area contributed by atoms with E-state index in [1.54, 1.807) is 6.07 Å². The van der Waals surface area contributed by atoms with Gasteiger partial charge in [-0.25, -0.2) is 29.2 Å². The first-order valence-electron chi connectivity index (χ1n) is 10.1. The third-order valence-corrected chi connectivity index (χ3v) is 4.85. The zero-order valence-electron chi connectivity index (χ0n) is 19.1. The van der Waals surface area contributed by atoms with Crippen LogP contribution in [0, 0.1) is 5.82 Å². The van der Waals surface area contributed by atoms with Crippen LogP contribution in [-0.4, -0.2) is 44.8 Å². The zero-order chi connectivity index (χ0) is 25.5. The Morgan fingerprint density at radius 2 is 1.91 bits per heavy atom. The summed E-state index contributed by atoms with van der Waals surface area (Å²) in [5, 5.41) is 16.3. The van der Waals surface area contributed by atoms with E-state index in [2.05, 4.69) is 15.6 Å². The maximum atomic E-state index is 14.5. The number of carboxylic acid groups (broad SMARTS) is 1. The molecule has 0 unspecified atom stereocenters. The van der Waals surface area contributed by atoms with E-state index in [-0.39, 0.29) is 23.0 Å². The average molecular weight is 496 g/mol. The minimum absolute atomic E-state index is 0.00411. The SMILES string of the molecule is CC(=O)Nc1nc(CCc2ccc(CNC(=O)NN(C(=O)O)C(=O)OC(C)(C)C)c(F)c2)cs1. The number of amides is 5. The molecule has 5 amide bonds. The number of hydrogen-bond acceptors (Lipinski definition) is 7. The standard InChI is InChI=1S/C21H26FN5O6S/c1-12(28)24-18-25-15(11-34-18)8-6-13-5-7-14(16(22)9-13)10-23-17(29)26-27(19(30)31)20(32)33-21(2,3)4/h5,7,9,11H,6,8,10H2,1-4H3,(H,30,31)(H2,23,26,29)(H,24,25,28). The second kappa shape index (κ2) is 11.4. The minimum atomic E-state index is -1.75. The predicted molar refractivity (Wildman–Crippen MR) is 122 cm³/mol. The van der Waals surface area contributed by atoms with Gasteiger partial charge < -0.3 is 20.5 Å². The molecule has 0 spiro atoms. The van der Waals surface area contributed by atoms with Gasteiger partial charge in [-0.2, -0.15) is 0 Å². The molecule has 1 aromatic carbocycles. The van der Waals surface area contributed by atoms with Crippen LogP contribution in [0.3, 0.4) is 0 Å². The molecule has 0 saturated carbocycles. The van der Waals surface area contributed by atoms with Crippen molar-refractivity contribution in [2.24, 2.45) is 0 Å². The Kier molecular flexibility index (Phi) is 8.90. The number of ether oxygens (including phenoxy) is 1. The summed E-state index contributed by atoms with van der Waals surface area (Å²) in [5.41, 5.74) is 2.52. The van der Waals surface area contributed by atoms with E-state index < -0.39 is 29.6 Å². The molecule has 0 aliphatic rings. The van der Waals surface area contributed by atoms with Gasteiger partial charge in [0, 0.05) is 24.4 Å². The number of hydrazine groups is 1. The van der Waals surface area contributed by atoms with Crippen molar-refractivity contribution in [2.45, 2.75) is 52.7 Å². The first kappa shape index (κ1) is 26.5. The summed E-state index contributed by atoms with van der Waals surface area (Å²) in [5.74, 6) is -0.765. The molecule has 0 saturated heterocycles. The lowest BCUT2D eigenvalue weighted by Crippen LogP contribution is -2.53. The number of rotatable bonds is 6. The van der Waals surface area contributed by atoms with E-state index in [4.69, 9.17) is 9.84 Å². The summed E-state index contributed by atoms with van der Waals surface area (Å²) in [4.78, 5) is 50.5. The van der Waals surface area contributed by atoms with Crippen molar-refractivity contribution in [1.29, 1.82) is 0 Å². The van der Waals surface area contributed by atoms with Gasteiger partial charge in [0.1, 0.15) is 11.4 Å². The number of anilines is 1. The molecule has 0 fully saturated rings. The number of aromatic nitrogens is 1. The first-order chi connectivity index (χ1) is 15.8. The van der Waals surface area contributed by atoms with Gasteiger partial charge in [-0.1, -0.05) is 12.1 Å². The molecule has 1 heterocycles. The molecule has 0 radical (unpaired) electrons. The van der Waals surface area contributed by atoms with E-state index in [1.165, 1.54) is 51.2 Å². The fraction of sp³-hybridized carbons (Fsp3) is 0.381. The van der Waals surface area contributed by atoms with Crippen LogP contribution in [0.15, 0.2) is 23.6 Å². The smallest absolute Gasteiger partial charge is 0.439 e. The average Bonchev–Trinajstić information content (AvgIpc) is 3.14. The molecule has 13 heteroatoms. The van der Waals surface area contributed by atoms with Gasteiger partial charge >= 0.3 is 18.2 Å². The topological polar surface area (TPSA) is 150 Å². The molecule has 11 nitrogen and oxygen atoms in total. The van der Waals surface area contributed by atoms with E-state index >= 15 is 0 Å². The van der Waals surface area contributed by atoms with Gasteiger partial charge in [0.2, 0.25) is 5.91 Å². The summed E-state index contributed by atoms with van der Waals surface area (Å²) in [6.45, 7) is 5.77. The van der Waals surface area contributed by atoms with Crippen LogP contribution < -0.4 is 16.1 Å². The molecule has 0 aliphatic carbocycles. The summed E-state index contributed by atoms with van der Waals surface area (Å²) < 4.78 is 19.4. The number of urea groups is 1. The monoisotopic (exact) mass is 495 g/mol. The summed E-state index contributed by atoms with van der Waals surface area (Å²) >= 11 is 1.31. The fourth-order valence-corrected chi connectivity index (χ4v) is 3.38. The number of thiazole rings is 1. The van der Waals surface area contributed by atoms with Crippen molar-refractivity contribution in [1.82, 2.24) is 20.7 Å². The lowest BCUT2D eigenvalue weighted by molar-refractivity contribution is -0.114. The lowest BCUT2D eigenvalue weighted by atomic mass is 10.1. The molecule has 0 bridgehead atoms. The number of aryl methyl sites for hydroxylation is 2. The van der Waals surface area contributed by atoms with Crippen molar-refractivity contribution >= 4 is 40.6 Å². The molecular weight excluding hydrogens is 469 g/mol. The third-order valence-electron chi connectivity index (χ3n) is 4.04. The van der Waals surface area contributed by atoms with Crippen LogP contribution in [0.4, 0.5) is 23.9 Å². The highest BCUT2D eigenvalue weighted by atomic mass is 32.1. The highest BCUT2D eigenvalue weighted by Crippen LogP contribution is 2.18. The van der Waals surface area contributed by atoms with Crippen molar-refractivity contribution < 1.29 is 33.4 Å². The minimum Gasteiger partial charge on any atom is -0.463 e. The van der Waals surface area contributed by atoms with Crippen molar-refractivity contribution in [2.75, 3.05) is 5.32 Å². The largest absolute Gasteiger partial charge is 0.463 e. The molecular formula is C21H26FN5O6S. The Balaban J connectivity index is 1.89. The second-order valence-corrected chi connectivity index (χ2v) is 9.00. The Bertz CT molecular complexity index is 1070. The number of carbonyl (C=O) groups excluding carboxylic acids is 3. The van der Waals surface area contributed by atoms with Crippen LogP contribution in [0.25, 0.3) is 0 Å². The van der Waals surface area contributed by atoms with Gasteiger partial charge in [0.25, 0.3) is 0 Å². The molecule has 184 valence electrons. The Morgan fingerprint density at radius 1 is 1.21 bits per heavy atom. The number of hydrogen-bond donors (Lipinski definition) is 4. The Morgan fingerprint density at radius 3 is 2.50 bits per heavy atom. The zero-order valence-corrected chi connectivity index (χ0v) is 19.9. The Hall–Kier alpha value is -3.74. The van der Waals surface area contributed by atoms with Crippen molar-refractivity contribution in [3.63, 3.8) is 0 Å². The Labute approximate surface area is 199 Å². The fourth-order valence-electron chi connectivity index (χ4n) is 2.59. The van der Waals surface area contributed by atoms with Crippen LogP contribution in [0.2, 0.25) is 0 Å². The summed E-state index contributed by atoms with van der Waals surface area (Å²) in [7, 11) is 0. The predicted octanol–water partition coefficient (Wildman–Crippen LogP) is 3.66. The molecule has 2 rings (SSSR count). The first-order valence-corrected chi connectivity index (χ1v) is 11.0. The number of halogens is 1. The number of nitrogens with one attached hydrogen (secondary N) is 3. The van der Waals surface area contributed by atoms with E-state index in [1.807, 2.05) is 10.8 Å². The molecule has 34 heavy (non-hydrogen) atoms. The molecule has 4 N–H and O–H groups in total. The van der Waals surface area contributed by atoms with Crippen LogP contribution in [0.1, 0.15) is 44.5 Å². The van der Waals surface area contributed by atoms with Crippen molar-refractivity contribution in [3.05, 3.63) is 46.2 Å². The van der Waals surface area contributed by atoms with E-state index in [0.29, 0.717) is 23.5 Å². The maximum absolute atomic E-state index is 14.5. The van der Waals surface area contributed by atoms with Gasteiger partial charge in [-0.05, 0) is 45.2 Å². The van der Waals surface area contributed by atoms with Crippen molar-refractivity contribution in [3.8, 4) is 0 Å². The summed E-state index contributed by atoms with van der Waals surface area (Å²) in [6, 6.07) is 3.50. The van der Waals surface area contributed by atoms with E-state index in [9.17, 15) is 23.6 Å². The van der Waals surface area contributed by atoms with Crippen LogP contribution >= 0.6 is 11.3 Å². The maximum Gasteiger partial charge on any atom is 0.439 e. The molecule has 0 atom stereocenters. The van der Waals surface area contributed by atoms with Crippen LogP contribution in [0.5, 0.6) is 0 Å². The lowest BCUT2D eigenvalue weighted by Gasteiger charge is -2.24. The van der Waals surface area contributed by atoms with Gasteiger partial charge in [-0.3, -0.25) is 4.79 Å². The highest BCUT2D eigenvalue weighted by Gasteiger charge is 2.28. The highest BCUT2D eigenvalue weighted by molar-refractivity contribution is 7.13. The number of nitrogens with zero attached hydrogens (tertiary/aromatic N) is 2. The number of carbonyl (C=O) groups is 4.